The molecule has 0 bridgehead atoms. The molecule has 7 heteroatoms. The standard InChI is InChI=1S/C26H30N2O5/c1-2-23(24(29)27-17-9-7-8-16(14-17)25(30)31)28-26(32)33-15-22-20-12-5-3-10-18(20)19-11-4-6-13-21(19)22/h3-6,10-13,16-17,22-23H,2,7-9,14-15H2,1H3,(H,27,29)(H,28,32)(H,30,31)/t16-,17+,23+/m1/s1. The molecule has 1 fully saturated rings. The lowest BCUT2D eigenvalue weighted by Crippen LogP contribution is -2.50. The van der Waals surface area contributed by atoms with Crippen molar-refractivity contribution in [1.82, 2.24) is 10.6 Å². The van der Waals surface area contributed by atoms with Crippen molar-refractivity contribution in [2.75, 3.05) is 6.61 Å². The van der Waals surface area contributed by atoms with Crippen LogP contribution in [0.5, 0.6) is 0 Å². The number of fused-ring (bicyclic) bond motifs is 3. The van der Waals surface area contributed by atoms with Gasteiger partial charge in [-0.05, 0) is 47.9 Å². The average molecular weight is 451 g/mol. The van der Waals surface area contributed by atoms with Gasteiger partial charge in [-0.1, -0.05) is 61.9 Å². The Labute approximate surface area is 193 Å². The van der Waals surface area contributed by atoms with Gasteiger partial charge in [0.1, 0.15) is 12.6 Å². The summed E-state index contributed by atoms with van der Waals surface area (Å²) in [5, 5.41) is 14.8. The molecule has 0 saturated heterocycles. The second-order valence-electron chi connectivity index (χ2n) is 8.84. The fourth-order valence-electron chi connectivity index (χ4n) is 4.98. The molecule has 0 heterocycles. The van der Waals surface area contributed by atoms with Crippen LogP contribution in [0.1, 0.15) is 56.1 Å². The first-order valence-electron chi connectivity index (χ1n) is 11.6. The zero-order valence-electron chi connectivity index (χ0n) is 18.8. The number of carboxylic acid groups (broad SMARTS) is 1. The summed E-state index contributed by atoms with van der Waals surface area (Å²) in [7, 11) is 0. The first-order valence-corrected chi connectivity index (χ1v) is 11.6. The van der Waals surface area contributed by atoms with Crippen LogP contribution in [0.15, 0.2) is 48.5 Å². The van der Waals surface area contributed by atoms with Crippen molar-refractivity contribution in [3.63, 3.8) is 0 Å². The minimum atomic E-state index is -0.822. The molecule has 2 aromatic carbocycles. The van der Waals surface area contributed by atoms with Crippen LogP contribution >= 0.6 is 0 Å². The predicted molar refractivity (Wildman–Crippen MR) is 124 cm³/mol. The van der Waals surface area contributed by atoms with E-state index in [0.29, 0.717) is 19.3 Å². The predicted octanol–water partition coefficient (Wildman–Crippen LogP) is 4.06. The van der Waals surface area contributed by atoms with Crippen LogP contribution in [0.25, 0.3) is 11.1 Å². The highest BCUT2D eigenvalue weighted by Gasteiger charge is 2.31. The molecule has 2 aliphatic carbocycles. The number of hydrogen-bond acceptors (Lipinski definition) is 4. The molecule has 1 saturated carbocycles. The van der Waals surface area contributed by atoms with Gasteiger partial charge in [0.2, 0.25) is 5.91 Å². The van der Waals surface area contributed by atoms with Crippen molar-refractivity contribution in [2.45, 2.75) is 57.0 Å². The van der Waals surface area contributed by atoms with Gasteiger partial charge in [0.05, 0.1) is 5.92 Å². The lowest BCUT2D eigenvalue weighted by Gasteiger charge is -2.29. The zero-order chi connectivity index (χ0) is 23.4. The van der Waals surface area contributed by atoms with Gasteiger partial charge in [0, 0.05) is 12.0 Å². The Hall–Kier alpha value is -3.35. The molecule has 7 nitrogen and oxygen atoms in total. The van der Waals surface area contributed by atoms with Gasteiger partial charge < -0.3 is 20.5 Å². The minimum absolute atomic E-state index is 0.0488. The van der Waals surface area contributed by atoms with E-state index in [4.69, 9.17) is 4.74 Å². The Bertz CT molecular complexity index is 991. The van der Waals surface area contributed by atoms with Crippen LogP contribution in [0, 0.1) is 5.92 Å². The Morgan fingerprint density at radius 2 is 1.67 bits per heavy atom. The maximum Gasteiger partial charge on any atom is 0.407 e. The topological polar surface area (TPSA) is 105 Å². The number of nitrogens with one attached hydrogen (secondary N) is 2. The molecule has 2 aliphatic rings. The third-order valence-electron chi connectivity index (χ3n) is 6.73. The second kappa shape index (κ2) is 10.1. The fraction of sp³-hybridized carbons (Fsp3) is 0.423. The highest BCUT2D eigenvalue weighted by molar-refractivity contribution is 5.86. The lowest BCUT2D eigenvalue weighted by molar-refractivity contribution is -0.143. The number of amides is 2. The SMILES string of the molecule is CC[C@H](NC(=O)OCC1c2ccccc2-c2ccccc21)C(=O)N[C@H]1CCC[C@@H](C(=O)O)C1. The van der Waals surface area contributed by atoms with Gasteiger partial charge in [0.15, 0.2) is 0 Å². The number of ether oxygens (including phenoxy) is 1. The summed E-state index contributed by atoms with van der Waals surface area (Å²) in [6.07, 6.45) is 2.34. The number of carbonyl (C=O) groups excluding carboxylic acids is 2. The van der Waals surface area contributed by atoms with Gasteiger partial charge >= 0.3 is 12.1 Å². The van der Waals surface area contributed by atoms with Gasteiger partial charge in [-0.25, -0.2) is 4.79 Å². The van der Waals surface area contributed by atoms with Crippen LogP contribution in [-0.4, -0.2) is 41.8 Å². The minimum Gasteiger partial charge on any atom is -0.481 e. The maximum absolute atomic E-state index is 12.7. The Morgan fingerprint density at radius 3 is 2.27 bits per heavy atom. The maximum atomic E-state index is 12.7. The molecule has 0 radical (unpaired) electrons. The molecule has 3 atom stereocenters. The van der Waals surface area contributed by atoms with E-state index in [1.54, 1.807) is 0 Å². The molecule has 2 amide bonds. The Morgan fingerprint density at radius 1 is 1.03 bits per heavy atom. The van der Waals surface area contributed by atoms with E-state index in [2.05, 4.69) is 34.9 Å². The van der Waals surface area contributed by atoms with E-state index < -0.39 is 24.0 Å². The summed E-state index contributed by atoms with van der Waals surface area (Å²) in [6, 6.07) is 15.3. The summed E-state index contributed by atoms with van der Waals surface area (Å²) in [6.45, 7) is 2.00. The van der Waals surface area contributed by atoms with Gasteiger partial charge in [-0.3, -0.25) is 9.59 Å². The quantitative estimate of drug-likeness (QED) is 0.590. The van der Waals surface area contributed by atoms with Crippen LogP contribution < -0.4 is 10.6 Å². The number of hydrogen-bond donors (Lipinski definition) is 3. The third kappa shape index (κ3) is 5.02. The first-order chi connectivity index (χ1) is 16.0. The molecule has 3 N–H and O–H groups in total. The summed E-state index contributed by atoms with van der Waals surface area (Å²) >= 11 is 0. The van der Waals surface area contributed by atoms with Crippen LogP contribution in [0.2, 0.25) is 0 Å². The van der Waals surface area contributed by atoms with Crippen molar-refractivity contribution in [3.8, 4) is 11.1 Å². The van der Waals surface area contributed by atoms with Crippen LogP contribution in [0.4, 0.5) is 4.79 Å². The van der Waals surface area contributed by atoms with Gasteiger partial charge in [0.25, 0.3) is 0 Å². The molecule has 2 aromatic rings. The normalized spacial score (nSPS) is 20.3. The van der Waals surface area contributed by atoms with Crippen molar-refractivity contribution in [1.29, 1.82) is 0 Å². The monoisotopic (exact) mass is 450 g/mol. The van der Waals surface area contributed by atoms with E-state index in [1.165, 1.54) is 0 Å². The van der Waals surface area contributed by atoms with Gasteiger partial charge in [-0.2, -0.15) is 0 Å². The molecule has 0 aromatic heterocycles. The number of carbonyl (C=O) groups is 3. The van der Waals surface area contributed by atoms with E-state index in [0.717, 1.165) is 35.1 Å². The zero-order valence-corrected chi connectivity index (χ0v) is 18.8. The van der Waals surface area contributed by atoms with Crippen LogP contribution in [-0.2, 0) is 14.3 Å². The molecule has 174 valence electrons. The van der Waals surface area contributed by atoms with E-state index in [9.17, 15) is 19.5 Å². The van der Waals surface area contributed by atoms with E-state index in [1.807, 2.05) is 31.2 Å². The molecule has 0 aliphatic heterocycles. The highest BCUT2D eigenvalue weighted by atomic mass is 16.5. The van der Waals surface area contributed by atoms with Crippen molar-refractivity contribution < 1.29 is 24.2 Å². The summed E-state index contributed by atoms with van der Waals surface area (Å²) in [4.78, 5) is 36.5. The Balaban J connectivity index is 1.33. The number of rotatable bonds is 7. The number of alkyl carbamates (subject to hydrolysis) is 1. The second-order valence-corrected chi connectivity index (χ2v) is 8.84. The molecule has 0 unspecified atom stereocenters. The molecule has 33 heavy (non-hydrogen) atoms. The summed E-state index contributed by atoms with van der Waals surface area (Å²) < 4.78 is 5.55. The third-order valence-corrected chi connectivity index (χ3v) is 6.73. The summed E-state index contributed by atoms with van der Waals surface area (Å²) in [5.41, 5.74) is 4.56. The van der Waals surface area contributed by atoms with Crippen molar-refractivity contribution >= 4 is 18.0 Å². The number of aliphatic carboxylic acids is 1. The summed E-state index contributed by atoms with van der Waals surface area (Å²) in [5.74, 6) is -1.61. The van der Waals surface area contributed by atoms with Crippen molar-refractivity contribution in [3.05, 3.63) is 59.7 Å². The lowest BCUT2D eigenvalue weighted by atomic mass is 9.85. The Kier molecular flexibility index (Phi) is 6.96. The first kappa shape index (κ1) is 22.8. The average Bonchev–Trinajstić information content (AvgIpc) is 3.15. The molecular weight excluding hydrogens is 420 g/mol. The smallest absolute Gasteiger partial charge is 0.407 e. The molecule has 0 spiro atoms. The van der Waals surface area contributed by atoms with Gasteiger partial charge in [-0.15, -0.1) is 0 Å². The number of carboxylic acids is 1. The molecular formula is C26H30N2O5. The number of benzene rings is 2. The largest absolute Gasteiger partial charge is 0.481 e. The highest BCUT2D eigenvalue weighted by Crippen LogP contribution is 2.44. The van der Waals surface area contributed by atoms with E-state index in [-0.39, 0.29) is 24.5 Å². The fourth-order valence-corrected chi connectivity index (χ4v) is 4.98. The van der Waals surface area contributed by atoms with E-state index >= 15 is 0 Å². The molecule has 4 rings (SSSR count). The van der Waals surface area contributed by atoms with Crippen LogP contribution in [0.3, 0.4) is 0 Å². The van der Waals surface area contributed by atoms with Crippen molar-refractivity contribution in [2.24, 2.45) is 5.92 Å².